The highest BCUT2D eigenvalue weighted by Gasteiger charge is 2.30. The molecule has 0 amide bonds. The van der Waals surface area contributed by atoms with Crippen LogP contribution < -0.4 is 5.56 Å². The van der Waals surface area contributed by atoms with E-state index in [1.807, 2.05) is 35.9 Å². The molecule has 1 atom stereocenters. The van der Waals surface area contributed by atoms with Crippen LogP contribution in [-0.4, -0.2) is 30.1 Å². The Morgan fingerprint density at radius 3 is 2.76 bits per heavy atom. The highest BCUT2D eigenvalue weighted by atomic mass is 16.3. The van der Waals surface area contributed by atoms with Gasteiger partial charge < -0.3 is 9.40 Å². The van der Waals surface area contributed by atoms with Gasteiger partial charge in [-0.2, -0.15) is 0 Å². The molecule has 3 aromatic heterocycles. The summed E-state index contributed by atoms with van der Waals surface area (Å²) in [4.78, 5) is 18.5. The van der Waals surface area contributed by atoms with Crippen molar-refractivity contribution >= 4 is 10.9 Å². The minimum Gasteiger partial charge on any atom is -0.468 e. The number of aromatic nitrogens is 5. The molecule has 1 saturated carbocycles. The summed E-state index contributed by atoms with van der Waals surface area (Å²) in [6.45, 7) is 7.31. The molecule has 34 heavy (non-hydrogen) atoms. The summed E-state index contributed by atoms with van der Waals surface area (Å²) in [5, 5.41) is 13.9. The average molecular weight is 461 g/mol. The number of tetrazole rings is 1. The van der Waals surface area contributed by atoms with Gasteiger partial charge in [0, 0.05) is 23.0 Å². The van der Waals surface area contributed by atoms with Crippen molar-refractivity contribution in [1.82, 2.24) is 30.1 Å². The Morgan fingerprint density at radius 1 is 1.21 bits per heavy atom. The van der Waals surface area contributed by atoms with Crippen LogP contribution in [0.15, 0.2) is 45.8 Å². The predicted molar refractivity (Wildman–Crippen MR) is 130 cm³/mol. The Morgan fingerprint density at radius 2 is 2.03 bits per heavy atom. The van der Waals surface area contributed by atoms with E-state index < -0.39 is 0 Å². The van der Waals surface area contributed by atoms with Crippen LogP contribution >= 0.6 is 0 Å². The zero-order chi connectivity index (χ0) is 23.7. The SMILES string of the molecule is CC[C@H](c1nnnn1C1CCCC1)N(Cc1ccco1)Cc1cc2c(C)cc(C)cc2[nH]c1=O. The molecule has 4 aromatic rings. The third-order valence-electron chi connectivity index (χ3n) is 7.02. The van der Waals surface area contributed by atoms with E-state index in [1.165, 1.54) is 12.8 Å². The Kier molecular flexibility index (Phi) is 6.32. The molecule has 1 aromatic carbocycles. The molecule has 0 spiro atoms. The number of nitrogens with zero attached hydrogens (tertiary/aromatic N) is 5. The van der Waals surface area contributed by atoms with Crippen molar-refractivity contribution in [3.63, 3.8) is 0 Å². The van der Waals surface area contributed by atoms with Crippen LogP contribution in [-0.2, 0) is 13.1 Å². The lowest BCUT2D eigenvalue weighted by atomic mass is 10.0. The van der Waals surface area contributed by atoms with E-state index in [1.54, 1.807) is 6.26 Å². The summed E-state index contributed by atoms with van der Waals surface area (Å²) in [6, 6.07) is 10.4. The minimum absolute atomic E-state index is 0.0464. The number of aryl methyl sites for hydroxylation is 2. The number of nitrogens with one attached hydrogen (secondary N) is 1. The maximum absolute atomic E-state index is 13.1. The van der Waals surface area contributed by atoms with E-state index in [-0.39, 0.29) is 11.6 Å². The van der Waals surface area contributed by atoms with Gasteiger partial charge in [0.15, 0.2) is 5.82 Å². The van der Waals surface area contributed by atoms with Crippen LogP contribution in [0, 0.1) is 13.8 Å². The van der Waals surface area contributed by atoms with Crippen LogP contribution in [0.3, 0.4) is 0 Å². The number of benzene rings is 1. The second kappa shape index (κ2) is 9.54. The summed E-state index contributed by atoms with van der Waals surface area (Å²) in [6.07, 6.45) is 7.14. The molecule has 1 fully saturated rings. The number of furan rings is 1. The zero-order valence-corrected chi connectivity index (χ0v) is 20.1. The maximum atomic E-state index is 13.1. The highest BCUT2D eigenvalue weighted by Crippen LogP contribution is 2.33. The molecule has 1 N–H and O–H groups in total. The van der Waals surface area contributed by atoms with E-state index in [2.05, 4.69) is 45.3 Å². The second-order valence-corrected chi connectivity index (χ2v) is 9.50. The van der Waals surface area contributed by atoms with Gasteiger partial charge in [-0.3, -0.25) is 9.69 Å². The van der Waals surface area contributed by atoms with E-state index in [9.17, 15) is 4.79 Å². The lowest BCUT2D eigenvalue weighted by molar-refractivity contribution is 0.146. The van der Waals surface area contributed by atoms with Gasteiger partial charge in [-0.05, 0) is 78.9 Å². The first-order valence-electron chi connectivity index (χ1n) is 12.2. The molecule has 1 aliphatic carbocycles. The number of rotatable bonds is 8. The van der Waals surface area contributed by atoms with E-state index in [0.717, 1.165) is 58.4 Å². The first kappa shape index (κ1) is 22.5. The molecule has 0 bridgehead atoms. The third-order valence-corrected chi connectivity index (χ3v) is 7.02. The molecule has 0 saturated heterocycles. The summed E-state index contributed by atoms with van der Waals surface area (Å²) in [5.74, 6) is 1.72. The monoisotopic (exact) mass is 460 g/mol. The second-order valence-electron chi connectivity index (χ2n) is 9.50. The summed E-state index contributed by atoms with van der Waals surface area (Å²) in [7, 11) is 0. The summed E-state index contributed by atoms with van der Waals surface area (Å²) < 4.78 is 7.71. The minimum atomic E-state index is -0.0628. The topological polar surface area (TPSA) is 92.8 Å². The predicted octanol–water partition coefficient (Wildman–Crippen LogP) is 4.99. The van der Waals surface area contributed by atoms with E-state index >= 15 is 0 Å². The Balaban J connectivity index is 1.53. The van der Waals surface area contributed by atoms with Crippen LogP contribution in [0.5, 0.6) is 0 Å². The quantitative estimate of drug-likeness (QED) is 0.398. The third kappa shape index (κ3) is 4.42. The van der Waals surface area contributed by atoms with Crippen molar-refractivity contribution in [2.24, 2.45) is 0 Å². The maximum Gasteiger partial charge on any atom is 0.252 e. The van der Waals surface area contributed by atoms with Crippen LogP contribution in [0.25, 0.3) is 10.9 Å². The number of hydrogen-bond acceptors (Lipinski definition) is 6. The average Bonchev–Trinajstić information content (AvgIpc) is 3.58. The van der Waals surface area contributed by atoms with Gasteiger partial charge >= 0.3 is 0 Å². The standard InChI is InChI=1S/C26H32N6O2/c1-4-24(25-28-29-30-32(25)20-8-5-6-9-20)31(16-21-10-7-11-34-21)15-19-14-22-18(3)12-17(2)13-23(22)27-26(19)33/h7,10-14,20,24H,4-6,8-9,15-16H2,1-3H3,(H,27,33)/t24-/m1/s1. The molecular weight excluding hydrogens is 428 g/mol. The molecule has 1 aliphatic rings. The van der Waals surface area contributed by atoms with Crippen LogP contribution in [0.4, 0.5) is 0 Å². The fourth-order valence-corrected chi connectivity index (χ4v) is 5.36. The summed E-state index contributed by atoms with van der Waals surface area (Å²) in [5.41, 5.74) is 3.83. The van der Waals surface area contributed by atoms with Crippen LogP contribution in [0.2, 0.25) is 0 Å². The Hall–Kier alpha value is -3.26. The van der Waals surface area contributed by atoms with Gasteiger partial charge in [0.05, 0.1) is 24.9 Å². The fourth-order valence-electron chi connectivity index (χ4n) is 5.36. The Bertz CT molecular complexity index is 1320. The van der Waals surface area contributed by atoms with Gasteiger partial charge in [-0.1, -0.05) is 25.8 Å². The Labute approximate surface area is 199 Å². The normalized spacial score (nSPS) is 15.5. The largest absolute Gasteiger partial charge is 0.468 e. The van der Waals surface area contributed by atoms with Gasteiger partial charge in [-0.15, -0.1) is 5.10 Å². The molecule has 0 unspecified atom stereocenters. The molecule has 178 valence electrons. The molecule has 5 rings (SSSR count). The molecule has 8 heteroatoms. The fraction of sp³-hybridized carbons (Fsp3) is 0.462. The number of aromatic amines is 1. The number of hydrogen-bond donors (Lipinski definition) is 1. The molecule has 3 heterocycles. The van der Waals surface area contributed by atoms with Crippen molar-refractivity contribution < 1.29 is 4.42 Å². The highest BCUT2D eigenvalue weighted by molar-refractivity contribution is 5.83. The summed E-state index contributed by atoms with van der Waals surface area (Å²) >= 11 is 0. The zero-order valence-electron chi connectivity index (χ0n) is 20.1. The first-order valence-corrected chi connectivity index (χ1v) is 12.2. The van der Waals surface area contributed by atoms with Crippen molar-refractivity contribution in [3.8, 4) is 0 Å². The van der Waals surface area contributed by atoms with Gasteiger partial charge in [-0.25, -0.2) is 4.68 Å². The molecule has 8 nitrogen and oxygen atoms in total. The number of fused-ring (bicyclic) bond motifs is 1. The van der Waals surface area contributed by atoms with E-state index in [4.69, 9.17) is 4.42 Å². The first-order chi connectivity index (χ1) is 16.5. The lowest BCUT2D eigenvalue weighted by Gasteiger charge is -2.30. The smallest absolute Gasteiger partial charge is 0.252 e. The molecular formula is C26H32N6O2. The lowest BCUT2D eigenvalue weighted by Crippen LogP contribution is -2.32. The van der Waals surface area contributed by atoms with Crippen molar-refractivity contribution in [3.05, 3.63) is 75.2 Å². The van der Waals surface area contributed by atoms with Gasteiger partial charge in [0.25, 0.3) is 5.56 Å². The van der Waals surface area contributed by atoms with Gasteiger partial charge in [0.2, 0.25) is 0 Å². The van der Waals surface area contributed by atoms with E-state index in [0.29, 0.717) is 19.1 Å². The number of pyridine rings is 1. The molecule has 0 radical (unpaired) electrons. The van der Waals surface area contributed by atoms with Crippen molar-refractivity contribution in [2.75, 3.05) is 0 Å². The van der Waals surface area contributed by atoms with Crippen LogP contribution in [0.1, 0.15) is 79.4 Å². The van der Waals surface area contributed by atoms with Crippen molar-refractivity contribution in [1.29, 1.82) is 0 Å². The van der Waals surface area contributed by atoms with Crippen molar-refractivity contribution in [2.45, 2.75) is 78.0 Å². The number of H-pyrrole nitrogens is 1. The van der Waals surface area contributed by atoms with Gasteiger partial charge in [0.1, 0.15) is 5.76 Å². The molecule has 0 aliphatic heterocycles.